The molecule has 2 amide bonds. The van der Waals surface area contributed by atoms with Crippen LogP contribution in [0.15, 0.2) is 48.5 Å². The van der Waals surface area contributed by atoms with Gasteiger partial charge in [0, 0.05) is 10.7 Å². The van der Waals surface area contributed by atoms with Crippen molar-refractivity contribution in [3.05, 3.63) is 76.3 Å². The Morgan fingerprint density at radius 1 is 1.15 bits per heavy atom. The molecule has 26 heavy (non-hydrogen) atoms. The fourth-order valence-electron chi connectivity index (χ4n) is 2.64. The van der Waals surface area contributed by atoms with E-state index in [1.54, 1.807) is 41.1 Å². The number of carbonyl (C=O) groups excluding carboxylic acids is 1. The molecule has 0 radical (unpaired) electrons. The van der Waals surface area contributed by atoms with Gasteiger partial charge >= 0.3 is 6.03 Å². The summed E-state index contributed by atoms with van der Waals surface area (Å²) in [5.74, 6) is -0.276. The molecule has 2 aromatic carbocycles. The normalized spacial score (nSPS) is 10.6. The molecule has 7 heteroatoms. The van der Waals surface area contributed by atoms with Crippen molar-refractivity contribution in [3.63, 3.8) is 0 Å². The highest BCUT2D eigenvalue weighted by Gasteiger charge is 2.14. The van der Waals surface area contributed by atoms with E-state index in [0.717, 1.165) is 11.3 Å². The van der Waals surface area contributed by atoms with E-state index < -0.39 is 0 Å². The number of nitrogens with zero attached hydrogens (tertiary/aromatic N) is 2. The summed E-state index contributed by atoms with van der Waals surface area (Å²) in [4.78, 5) is 12.3. The Labute approximate surface area is 155 Å². The molecule has 0 atom stereocenters. The Morgan fingerprint density at radius 3 is 2.58 bits per heavy atom. The molecule has 3 rings (SSSR count). The summed E-state index contributed by atoms with van der Waals surface area (Å²) in [7, 11) is 0. The minimum Gasteiger partial charge on any atom is -0.308 e. The van der Waals surface area contributed by atoms with Crippen LogP contribution >= 0.6 is 11.6 Å². The van der Waals surface area contributed by atoms with E-state index in [9.17, 15) is 9.18 Å². The van der Waals surface area contributed by atoms with Crippen molar-refractivity contribution in [2.24, 2.45) is 0 Å². The van der Waals surface area contributed by atoms with Crippen molar-refractivity contribution in [3.8, 4) is 0 Å². The largest absolute Gasteiger partial charge is 0.323 e. The quantitative estimate of drug-likeness (QED) is 0.678. The standard InChI is InChI=1S/C19H18ClFN4O/c1-12-18(23-19(26)22-17-5-3-4-15(20)10-17)13(2)25(24-12)11-14-6-8-16(21)9-7-14/h3-10H,11H2,1-2H3,(H2,22,23,26). The van der Waals surface area contributed by atoms with Gasteiger partial charge in [0.2, 0.25) is 0 Å². The number of aryl methyl sites for hydroxylation is 1. The maximum atomic E-state index is 13.0. The van der Waals surface area contributed by atoms with E-state index in [4.69, 9.17) is 11.6 Å². The molecule has 0 fully saturated rings. The average molecular weight is 373 g/mol. The lowest BCUT2D eigenvalue weighted by Crippen LogP contribution is -2.20. The molecular formula is C19H18ClFN4O. The van der Waals surface area contributed by atoms with Crippen molar-refractivity contribution in [1.29, 1.82) is 0 Å². The summed E-state index contributed by atoms with van der Waals surface area (Å²) in [6.45, 7) is 4.19. The van der Waals surface area contributed by atoms with Gasteiger partial charge in [0.1, 0.15) is 5.82 Å². The Balaban J connectivity index is 1.73. The lowest BCUT2D eigenvalue weighted by Gasteiger charge is -2.09. The van der Waals surface area contributed by atoms with E-state index in [0.29, 0.717) is 28.6 Å². The van der Waals surface area contributed by atoms with Crippen LogP contribution in [0.25, 0.3) is 0 Å². The number of carbonyl (C=O) groups is 1. The van der Waals surface area contributed by atoms with Gasteiger partial charge in [0.15, 0.2) is 0 Å². The zero-order valence-corrected chi connectivity index (χ0v) is 15.1. The van der Waals surface area contributed by atoms with Crippen molar-refractivity contribution < 1.29 is 9.18 Å². The number of halogens is 2. The third-order valence-corrected chi connectivity index (χ3v) is 4.18. The van der Waals surface area contributed by atoms with E-state index in [-0.39, 0.29) is 11.8 Å². The second kappa shape index (κ2) is 7.58. The molecule has 134 valence electrons. The molecular weight excluding hydrogens is 355 g/mol. The highest BCUT2D eigenvalue weighted by molar-refractivity contribution is 6.30. The first-order valence-electron chi connectivity index (χ1n) is 8.04. The Hall–Kier alpha value is -2.86. The second-order valence-corrected chi connectivity index (χ2v) is 6.36. The number of benzene rings is 2. The van der Waals surface area contributed by atoms with Crippen molar-refractivity contribution in [1.82, 2.24) is 9.78 Å². The lowest BCUT2D eigenvalue weighted by molar-refractivity contribution is 0.262. The fraction of sp³-hybridized carbons (Fsp3) is 0.158. The SMILES string of the molecule is Cc1nn(Cc2ccc(F)cc2)c(C)c1NC(=O)Nc1cccc(Cl)c1. The van der Waals surface area contributed by atoms with Crippen LogP contribution in [0.4, 0.5) is 20.6 Å². The topological polar surface area (TPSA) is 59.0 Å². The summed E-state index contributed by atoms with van der Waals surface area (Å²) in [5.41, 5.74) is 3.68. The first kappa shape index (κ1) is 17.9. The van der Waals surface area contributed by atoms with Gasteiger partial charge in [-0.05, 0) is 49.7 Å². The monoisotopic (exact) mass is 372 g/mol. The minimum atomic E-state index is -0.375. The van der Waals surface area contributed by atoms with Gasteiger partial charge in [-0.15, -0.1) is 0 Å². The molecule has 5 nitrogen and oxygen atoms in total. The summed E-state index contributed by atoms with van der Waals surface area (Å²) < 4.78 is 14.8. The van der Waals surface area contributed by atoms with Gasteiger partial charge in [-0.1, -0.05) is 29.8 Å². The number of urea groups is 1. The van der Waals surface area contributed by atoms with Gasteiger partial charge in [-0.2, -0.15) is 5.10 Å². The zero-order chi connectivity index (χ0) is 18.7. The summed E-state index contributed by atoms with van der Waals surface area (Å²) in [6, 6.07) is 12.8. The maximum Gasteiger partial charge on any atom is 0.323 e. The van der Waals surface area contributed by atoms with E-state index in [2.05, 4.69) is 15.7 Å². The van der Waals surface area contributed by atoms with E-state index in [1.165, 1.54) is 12.1 Å². The zero-order valence-electron chi connectivity index (χ0n) is 14.4. The molecule has 2 N–H and O–H groups in total. The summed E-state index contributed by atoms with van der Waals surface area (Å²) >= 11 is 5.92. The van der Waals surface area contributed by atoms with Crippen molar-refractivity contribution in [2.75, 3.05) is 10.6 Å². The number of hydrogen-bond donors (Lipinski definition) is 2. The Bertz CT molecular complexity index is 937. The third kappa shape index (κ3) is 4.21. The molecule has 0 saturated carbocycles. The average Bonchev–Trinajstić information content (AvgIpc) is 2.84. The van der Waals surface area contributed by atoms with Crippen LogP contribution in [0, 0.1) is 19.7 Å². The van der Waals surface area contributed by atoms with Crippen molar-refractivity contribution >= 4 is 29.0 Å². The summed E-state index contributed by atoms with van der Waals surface area (Å²) in [6.07, 6.45) is 0. The maximum absolute atomic E-state index is 13.0. The molecule has 0 saturated heterocycles. The van der Waals surface area contributed by atoms with Crippen LogP contribution in [-0.2, 0) is 6.54 Å². The van der Waals surface area contributed by atoms with Gasteiger partial charge in [0.05, 0.1) is 23.6 Å². The van der Waals surface area contributed by atoms with E-state index >= 15 is 0 Å². The van der Waals surface area contributed by atoms with Crippen molar-refractivity contribution in [2.45, 2.75) is 20.4 Å². The molecule has 0 spiro atoms. The van der Waals surface area contributed by atoms with Crippen LogP contribution < -0.4 is 10.6 Å². The Kier molecular flexibility index (Phi) is 5.23. The molecule has 0 unspecified atom stereocenters. The summed E-state index contributed by atoms with van der Waals surface area (Å²) in [5, 5.41) is 10.6. The van der Waals surface area contributed by atoms with Gasteiger partial charge in [-0.25, -0.2) is 9.18 Å². The smallest absolute Gasteiger partial charge is 0.308 e. The van der Waals surface area contributed by atoms with Crippen LogP contribution in [0.5, 0.6) is 0 Å². The van der Waals surface area contributed by atoms with Gasteiger partial charge in [-0.3, -0.25) is 4.68 Å². The second-order valence-electron chi connectivity index (χ2n) is 5.92. The number of amides is 2. The molecule has 1 aromatic heterocycles. The number of aromatic nitrogens is 2. The lowest BCUT2D eigenvalue weighted by atomic mass is 10.2. The fourth-order valence-corrected chi connectivity index (χ4v) is 2.83. The van der Waals surface area contributed by atoms with Crippen LogP contribution in [0.3, 0.4) is 0 Å². The first-order valence-corrected chi connectivity index (χ1v) is 8.42. The highest BCUT2D eigenvalue weighted by atomic mass is 35.5. The molecule has 1 heterocycles. The van der Waals surface area contributed by atoms with Gasteiger partial charge < -0.3 is 10.6 Å². The first-order chi connectivity index (χ1) is 12.4. The minimum absolute atomic E-state index is 0.276. The molecule has 0 aliphatic carbocycles. The van der Waals surface area contributed by atoms with Crippen LogP contribution in [-0.4, -0.2) is 15.8 Å². The number of nitrogens with one attached hydrogen (secondary N) is 2. The van der Waals surface area contributed by atoms with Crippen LogP contribution in [0.1, 0.15) is 17.0 Å². The highest BCUT2D eigenvalue weighted by Crippen LogP contribution is 2.21. The Morgan fingerprint density at radius 2 is 1.88 bits per heavy atom. The van der Waals surface area contributed by atoms with Gasteiger partial charge in [0.25, 0.3) is 0 Å². The third-order valence-electron chi connectivity index (χ3n) is 3.95. The number of rotatable bonds is 4. The molecule has 0 bridgehead atoms. The predicted octanol–water partition coefficient (Wildman–Crippen LogP) is 4.98. The molecule has 0 aliphatic rings. The van der Waals surface area contributed by atoms with Crippen LogP contribution in [0.2, 0.25) is 5.02 Å². The van der Waals surface area contributed by atoms with E-state index in [1.807, 2.05) is 13.8 Å². The molecule has 3 aromatic rings. The predicted molar refractivity (Wildman–Crippen MR) is 101 cm³/mol. The molecule has 0 aliphatic heterocycles. The number of anilines is 2. The number of hydrogen-bond acceptors (Lipinski definition) is 2.